The average molecular weight is 212 g/mol. The lowest BCUT2D eigenvalue weighted by Gasteiger charge is -2.41. The van der Waals surface area contributed by atoms with Crippen LogP contribution in [0, 0.1) is 0 Å². The van der Waals surface area contributed by atoms with E-state index in [4.69, 9.17) is 0 Å². The smallest absolute Gasteiger partial charge is 0.246 e. The fraction of sp³-hybridized carbons (Fsp3) is 0.818. The summed E-state index contributed by atoms with van der Waals surface area (Å²) in [6.45, 7) is 8.05. The summed E-state index contributed by atoms with van der Waals surface area (Å²) in [6, 6.07) is -0.324. The number of nitrogens with zero attached hydrogens (tertiary/aromatic N) is 1. The number of hydrogen-bond acceptors (Lipinski definition) is 2. The van der Waals surface area contributed by atoms with Gasteiger partial charge in [0, 0.05) is 5.54 Å². The minimum Gasteiger partial charge on any atom is -0.343 e. The van der Waals surface area contributed by atoms with Crippen molar-refractivity contribution < 1.29 is 9.59 Å². The van der Waals surface area contributed by atoms with Crippen LogP contribution < -0.4 is 5.32 Å². The molecule has 2 amide bonds. The Kier molecular flexibility index (Phi) is 3.37. The summed E-state index contributed by atoms with van der Waals surface area (Å²) in [5.41, 5.74) is -0.277. The van der Waals surface area contributed by atoms with Crippen molar-refractivity contribution >= 4 is 11.8 Å². The molecule has 4 heteroatoms. The molecule has 1 aliphatic rings. The van der Waals surface area contributed by atoms with Crippen LogP contribution in [0.2, 0.25) is 0 Å². The lowest BCUT2D eigenvalue weighted by molar-refractivity contribution is -0.149. The standard InChI is InChI=1S/C11H20N2O2/c1-5-6-8-10(15)13(11(2,3)4)7-9(14)12-8/h8H,5-7H2,1-4H3,(H,12,14). The topological polar surface area (TPSA) is 49.4 Å². The SMILES string of the molecule is CCCC1NC(=O)CN(C(C)(C)C)C1=O. The largest absolute Gasteiger partial charge is 0.343 e. The number of hydrogen-bond donors (Lipinski definition) is 1. The molecule has 86 valence electrons. The Morgan fingerprint density at radius 1 is 1.40 bits per heavy atom. The molecule has 0 radical (unpaired) electrons. The number of amides is 2. The van der Waals surface area contributed by atoms with Crippen molar-refractivity contribution in [3.63, 3.8) is 0 Å². The predicted octanol–water partition coefficient (Wildman–Crippen LogP) is 0.912. The van der Waals surface area contributed by atoms with Gasteiger partial charge >= 0.3 is 0 Å². The number of piperazine rings is 1. The fourth-order valence-corrected chi connectivity index (χ4v) is 1.76. The van der Waals surface area contributed by atoms with Gasteiger partial charge in [0.2, 0.25) is 11.8 Å². The Morgan fingerprint density at radius 3 is 2.47 bits per heavy atom. The number of carbonyl (C=O) groups is 2. The maximum atomic E-state index is 12.0. The van der Waals surface area contributed by atoms with Crippen molar-refractivity contribution in [2.24, 2.45) is 0 Å². The van der Waals surface area contributed by atoms with Gasteiger partial charge in [0.25, 0.3) is 0 Å². The molecule has 1 unspecified atom stereocenters. The molecule has 0 aromatic rings. The summed E-state index contributed by atoms with van der Waals surface area (Å²) in [7, 11) is 0. The highest BCUT2D eigenvalue weighted by Crippen LogP contribution is 2.18. The number of carbonyl (C=O) groups excluding carboxylic acids is 2. The van der Waals surface area contributed by atoms with Crippen LogP contribution in [0.15, 0.2) is 0 Å². The van der Waals surface area contributed by atoms with E-state index in [1.165, 1.54) is 0 Å². The Balaban J connectivity index is 2.81. The first-order valence-corrected chi connectivity index (χ1v) is 5.47. The lowest BCUT2D eigenvalue weighted by atomic mass is 10.0. The van der Waals surface area contributed by atoms with Gasteiger partial charge in [-0.05, 0) is 27.2 Å². The van der Waals surface area contributed by atoms with Crippen LogP contribution in [-0.2, 0) is 9.59 Å². The first kappa shape index (κ1) is 12.0. The summed E-state index contributed by atoms with van der Waals surface area (Å²) in [6.07, 6.45) is 1.62. The summed E-state index contributed by atoms with van der Waals surface area (Å²) in [5.74, 6) is -0.00748. The summed E-state index contributed by atoms with van der Waals surface area (Å²) in [5, 5.41) is 2.74. The van der Waals surface area contributed by atoms with Crippen molar-refractivity contribution in [1.29, 1.82) is 0 Å². The third kappa shape index (κ3) is 2.70. The van der Waals surface area contributed by atoms with E-state index in [0.29, 0.717) is 0 Å². The van der Waals surface area contributed by atoms with Crippen LogP contribution in [0.25, 0.3) is 0 Å². The van der Waals surface area contributed by atoms with Crippen molar-refractivity contribution in [3.05, 3.63) is 0 Å². The van der Waals surface area contributed by atoms with Gasteiger partial charge in [-0.3, -0.25) is 9.59 Å². The highest BCUT2D eigenvalue weighted by molar-refractivity contribution is 5.95. The monoisotopic (exact) mass is 212 g/mol. The Morgan fingerprint density at radius 2 is 2.00 bits per heavy atom. The molecule has 0 saturated carbocycles. The predicted molar refractivity (Wildman–Crippen MR) is 58.3 cm³/mol. The molecule has 1 N–H and O–H groups in total. The van der Waals surface area contributed by atoms with Crippen LogP contribution in [0.4, 0.5) is 0 Å². The molecule has 1 fully saturated rings. The molecule has 1 aliphatic heterocycles. The van der Waals surface area contributed by atoms with Gasteiger partial charge in [-0.1, -0.05) is 13.3 Å². The van der Waals surface area contributed by atoms with Crippen molar-refractivity contribution in [2.75, 3.05) is 6.54 Å². The highest BCUT2D eigenvalue weighted by atomic mass is 16.2. The number of nitrogens with one attached hydrogen (secondary N) is 1. The molecule has 0 aliphatic carbocycles. The summed E-state index contributed by atoms with van der Waals surface area (Å²) >= 11 is 0. The van der Waals surface area contributed by atoms with Gasteiger partial charge in [-0.2, -0.15) is 0 Å². The minimum atomic E-state index is -0.324. The Bertz CT molecular complexity index is 268. The molecular formula is C11H20N2O2. The molecule has 1 saturated heterocycles. The van der Waals surface area contributed by atoms with E-state index in [2.05, 4.69) is 5.32 Å². The Labute approximate surface area is 91.0 Å². The molecule has 15 heavy (non-hydrogen) atoms. The van der Waals surface area contributed by atoms with Crippen LogP contribution in [0.1, 0.15) is 40.5 Å². The van der Waals surface area contributed by atoms with E-state index in [1.807, 2.05) is 27.7 Å². The third-order valence-electron chi connectivity index (χ3n) is 2.59. The van der Waals surface area contributed by atoms with Gasteiger partial charge in [0.05, 0.1) is 0 Å². The molecule has 0 aromatic carbocycles. The van der Waals surface area contributed by atoms with Gasteiger partial charge < -0.3 is 10.2 Å². The molecule has 1 heterocycles. The highest BCUT2D eigenvalue weighted by Gasteiger charge is 2.37. The van der Waals surface area contributed by atoms with Gasteiger partial charge in [0.15, 0.2) is 0 Å². The zero-order valence-electron chi connectivity index (χ0n) is 9.96. The maximum Gasteiger partial charge on any atom is 0.246 e. The zero-order chi connectivity index (χ0) is 11.6. The van der Waals surface area contributed by atoms with E-state index in [9.17, 15) is 9.59 Å². The first-order valence-electron chi connectivity index (χ1n) is 5.47. The fourth-order valence-electron chi connectivity index (χ4n) is 1.76. The van der Waals surface area contributed by atoms with Crippen LogP contribution in [0.5, 0.6) is 0 Å². The second-order valence-corrected chi connectivity index (χ2v) is 5.00. The summed E-state index contributed by atoms with van der Waals surface area (Å²) < 4.78 is 0. The van der Waals surface area contributed by atoms with Gasteiger partial charge in [-0.25, -0.2) is 0 Å². The normalized spacial score (nSPS) is 22.9. The molecule has 1 rings (SSSR count). The molecule has 0 bridgehead atoms. The molecule has 4 nitrogen and oxygen atoms in total. The molecule has 0 spiro atoms. The van der Waals surface area contributed by atoms with E-state index in [0.717, 1.165) is 12.8 Å². The van der Waals surface area contributed by atoms with Gasteiger partial charge in [0.1, 0.15) is 12.6 Å². The molecule has 1 atom stereocenters. The van der Waals surface area contributed by atoms with E-state index < -0.39 is 0 Å². The van der Waals surface area contributed by atoms with E-state index in [-0.39, 0.29) is 29.9 Å². The van der Waals surface area contributed by atoms with Crippen molar-refractivity contribution in [2.45, 2.75) is 52.1 Å². The summed E-state index contributed by atoms with van der Waals surface area (Å²) in [4.78, 5) is 25.1. The second kappa shape index (κ2) is 4.21. The molecule has 0 aromatic heterocycles. The quantitative estimate of drug-likeness (QED) is 0.739. The van der Waals surface area contributed by atoms with Crippen molar-refractivity contribution in [3.8, 4) is 0 Å². The van der Waals surface area contributed by atoms with E-state index in [1.54, 1.807) is 4.90 Å². The van der Waals surface area contributed by atoms with E-state index >= 15 is 0 Å². The van der Waals surface area contributed by atoms with Crippen LogP contribution in [0.3, 0.4) is 0 Å². The third-order valence-corrected chi connectivity index (χ3v) is 2.59. The van der Waals surface area contributed by atoms with Crippen LogP contribution >= 0.6 is 0 Å². The number of rotatable bonds is 2. The Hall–Kier alpha value is -1.06. The van der Waals surface area contributed by atoms with Gasteiger partial charge in [-0.15, -0.1) is 0 Å². The minimum absolute atomic E-state index is 0.0453. The first-order chi connectivity index (χ1) is 6.86. The molecular weight excluding hydrogens is 192 g/mol. The second-order valence-electron chi connectivity index (χ2n) is 5.00. The lowest BCUT2D eigenvalue weighted by Crippen LogP contribution is -2.62. The van der Waals surface area contributed by atoms with Crippen LogP contribution in [-0.4, -0.2) is 34.8 Å². The maximum absolute atomic E-state index is 12.0. The van der Waals surface area contributed by atoms with Crippen molar-refractivity contribution in [1.82, 2.24) is 10.2 Å². The average Bonchev–Trinajstić information content (AvgIpc) is 2.09. The zero-order valence-corrected chi connectivity index (χ0v) is 9.96.